The van der Waals surface area contributed by atoms with Gasteiger partial charge in [-0.3, -0.25) is 14.9 Å². The number of benzene rings is 2. The fourth-order valence-electron chi connectivity index (χ4n) is 1.82. The summed E-state index contributed by atoms with van der Waals surface area (Å²) in [6, 6.07) is 12.2. The highest BCUT2D eigenvalue weighted by Gasteiger charge is 2.12. The SMILES string of the molecule is Cc1ccc(OCC(=O)OCC(=O)c2ccc([N+](=O)[O-])cc2)cc1. The summed E-state index contributed by atoms with van der Waals surface area (Å²) in [5.41, 5.74) is 1.18. The van der Waals surface area contributed by atoms with E-state index in [1.807, 2.05) is 19.1 Å². The number of non-ortho nitro benzene ring substituents is 1. The quantitative estimate of drug-likeness (QED) is 0.335. The standard InChI is InChI=1S/C17H15NO6/c1-12-2-8-15(9-3-12)23-11-17(20)24-10-16(19)13-4-6-14(7-5-13)18(21)22/h2-9H,10-11H2,1H3. The molecule has 124 valence electrons. The number of rotatable bonds is 7. The number of ether oxygens (including phenoxy) is 2. The van der Waals surface area contributed by atoms with E-state index in [1.54, 1.807) is 12.1 Å². The predicted molar refractivity (Wildman–Crippen MR) is 85.1 cm³/mol. The van der Waals surface area contributed by atoms with Crippen molar-refractivity contribution in [2.24, 2.45) is 0 Å². The molecule has 2 aromatic rings. The summed E-state index contributed by atoms with van der Waals surface area (Å²) < 4.78 is 10.1. The fourth-order valence-corrected chi connectivity index (χ4v) is 1.82. The number of esters is 1. The Labute approximate surface area is 138 Å². The second-order valence-electron chi connectivity index (χ2n) is 4.99. The lowest BCUT2D eigenvalue weighted by molar-refractivity contribution is -0.384. The average molecular weight is 329 g/mol. The van der Waals surface area contributed by atoms with Crippen molar-refractivity contribution in [3.05, 3.63) is 69.8 Å². The van der Waals surface area contributed by atoms with Crippen molar-refractivity contribution in [2.75, 3.05) is 13.2 Å². The number of nitro groups is 1. The number of nitro benzene ring substituents is 1. The van der Waals surface area contributed by atoms with Crippen LogP contribution in [0, 0.1) is 17.0 Å². The van der Waals surface area contributed by atoms with Gasteiger partial charge in [-0.2, -0.15) is 0 Å². The van der Waals surface area contributed by atoms with E-state index in [-0.39, 0.29) is 17.9 Å². The van der Waals surface area contributed by atoms with E-state index in [1.165, 1.54) is 24.3 Å². The van der Waals surface area contributed by atoms with Gasteiger partial charge in [0.2, 0.25) is 0 Å². The number of carbonyl (C=O) groups excluding carboxylic acids is 2. The Balaban J connectivity index is 1.79. The molecular weight excluding hydrogens is 314 g/mol. The number of hydrogen-bond acceptors (Lipinski definition) is 6. The monoisotopic (exact) mass is 329 g/mol. The van der Waals surface area contributed by atoms with Crippen LogP contribution in [-0.2, 0) is 9.53 Å². The summed E-state index contributed by atoms with van der Waals surface area (Å²) in [6.45, 7) is 1.17. The smallest absolute Gasteiger partial charge is 0.344 e. The average Bonchev–Trinajstić information content (AvgIpc) is 2.59. The molecule has 0 aliphatic rings. The van der Waals surface area contributed by atoms with E-state index < -0.39 is 23.3 Å². The van der Waals surface area contributed by atoms with Gasteiger partial charge in [0.15, 0.2) is 19.0 Å². The molecule has 0 saturated carbocycles. The van der Waals surface area contributed by atoms with Crippen molar-refractivity contribution < 1.29 is 24.0 Å². The minimum Gasteiger partial charge on any atom is -0.482 e. The van der Waals surface area contributed by atoms with Crippen molar-refractivity contribution in [1.29, 1.82) is 0 Å². The summed E-state index contributed by atoms with van der Waals surface area (Å²) in [5.74, 6) is -0.598. The van der Waals surface area contributed by atoms with Crippen LogP contribution < -0.4 is 4.74 Å². The normalized spacial score (nSPS) is 10.0. The van der Waals surface area contributed by atoms with Crippen LogP contribution in [0.25, 0.3) is 0 Å². The number of carbonyl (C=O) groups is 2. The van der Waals surface area contributed by atoms with Crippen molar-refractivity contribution in [3.63, 3.8) is 0 Å². The van der Waals surface area contributed by atoms with Gasteiger partial charge in [0.05, 0.1) is 4.92 Å². The van der Waals surface area contributed by atoms with Gasteiger partial charge < -0.3 is 9.47 Å². The molecule has 0 N–H and O–H groups in total. The molecule has 0 bridgehead atoms. The van der Waals surface area contributed by atoms with Crippen molar-refractivity contribution in [2.45, 2.75) is 6.92 Å². The lowest BCUT2D eigenvalue weighted by Crippen LogP contribution is -2.19. The van der Waals surface area contributed by atoms with Crippen molar-refractivity contribution in [1.82, 2.24) is 0 Å². The summed E-state index contributed by atoms with van der Waals surface area (Å²) in [6.07, 6.45) is 0. The van der Waals surface area contributed by atoms with Crippen LogP contribution in [0.2, 0.25) is 0 Å². The first-order valence-electron chi connectivity index (χ1n) is 7.08. The molecule has 0 aromatic heterocycles. The lowest BCUT2D eigenvalue weighted by atomic mass is 10.1. The zero-order valence-electron chi connectivity index (χ0n) is 12.9. The zero-order chi connectivity index (χ0) is 17.5. The highest BCUT2D eigenvalue weighted by atomic mass is 16.6. The third kappa shape index (κ3) is 4.91. The van der Waals surface area contributed by atoms with Crippen molar-refractivity contribution >= 4 is 17.4 Å². The number of aryl methyl sites for hydroxylation is 1. The number of ketones is 1. The molecule has 0 aliphatic heterocycles. The Morgan fingerprint density at radius 2 is 1.62 bits per heavy atom. The Morgan fingerprint density at radius 1 is 1.00 bits per heavy atom. The van der Waals surface area contributed by atoms with Crippen LogP contribution in [0.5, 0.6) is 5.75 Å². The molecular formula is C17H15NO6. The Kier molecular flexibility index (Phi) is 5.62. The Hall–Kier alpha value is -3.22. The zero-order valence-corrected chi connectivity index (χ0v) is 12.9. The number of nitrogens with zero attached hydrogens (tertiary/aromatic N) is 1. The molecule has 0 unspecified atom stereocenters. The molecule has 24 heavy (non-hydrogen) atoms. The van der Waals surface area contributed by atoms with Gasteiger partial charge in [-0.25, -0.2) is 4.79 Å². The lowest BCUT2D eigenvalue weighted by Gasteiger charge is -2.07. The van der Waals surface area contributed by atoms with Gasteiger partial charge in [-0.05, 0) is 31.2 Å². The molecule has 0 aliphatic carbocycles. The molecule has 0 fully saturated rings. The maximum atomic E-state index is 11.9. The van der Waals surface area contributed by atoms with Crippen LogP contribution in [0.4, 0.5) is 5.69 Å². The third-order valence-corrected chi connectivity index (χ3v) is 3.14. The maximum absolute atomic E-state index is 11.9. The molecule has 0 spiro atoms. The molecule has 2 rings (SSSR count). The topological polar surface area (TPSA) is 95.7 Å². The molecule has 7 nitrogen and oxygen atoms in total. The van der Waals surface area contributed by atoms with Crippen molar-refractivity contribution in [3.8, 4) is 5.75 Å². The first-order valence-corrected chi connectivity index (χ1v) is 7.08. The Bertz CT molecular complexity index is 737. The van der Waals surface area contributed by atoms with Gasteiger partial charge in [0, 0.05) is 17.7 Å². The molecule has 0 amide bonds. The van der Waals surface area contributed by atoms with Crippen LogP contribution in [0.3, 0.4) is 0 Å². The minimum atomic E-state index is -0.675. The minimum absolute atomic E-state index is 0.116. The van der Waals surface area contributed by atoms with E-state index in [9.17, 15) is 19.7 Å². The molecule has 0 heterocycles. The largest absolute Gasteiger partial charge is 0.482 e. The number of hydrogen-bond donors (Lipinski definition) is 0. The maximum Gasteiger partial charge on any atom is 0.344 e. The van der Waals surface area contributed by atoms with E-state index >= 15 is 0 Å². The first-order chi connectivity index (χ1) is 11.5. The van der Waals surface area contributed by atoms with Gasteiger partial charge in [0.1, 0.15) is 5.75 Å². The summed E-state index contributed by atoms with van der Waals surface area (Å²) in [5, 5.41) is 10.5. The molecule has 0 saturated heterocycles. The van der Waals surface area contributed by atoms with Crippen LogP contribution >= 0.6 is 0 Å². The van der Waals surface area contributed by atoms with Gasteiger partial charge in [-0.1, -0.05) is 17.7 Å². The Morgan fingerprint density at radius 3 is 2.21 bits per heavy atom. The second-order valence-corrected chi connectivity index (χ2v) is 4.99. The molecule has 7 heteroatoms. The highest BCUT2D eigenvalue weighted by molar-refractivity contribution is 5.98. The molecule has 0 radical (unpaired) electrons. The van der Waals surface area contributed by atoms with Crippen LogP contribution in [0.15, 0.2) is 48.5 Å². The fraction of sp³-hybridized carbons (Fsp3) is 0.176. The summed E-state index contributed by atoms with van der Waals surface area (Å²) in [7, 11) is 0. The van der Waals surface area contributed by atoms with Crippen LogP contribution in [0.1, 0.15) is 15.9 Å². The number of Topliss-reactive ketones (excluding diaryl/α,β-unsaturated/α-hetero) is 1. The van der Waals surface area contributed by atoms with E-state index in [4.69, 9.17) is 9.47 Å². The van der Waals surface area contributed by atoms with Gasteiger partial charge in [-0.15, -0.1) is 0 Å². The molecule has 2 aromatic carbocycles. The molecule has 0 atom stereocenters. The summed E-state index contributed by atoms with van der Waals surface area (Å²) in [4.78, 5) is 33.4. The first kappa shape index (κ1) is 17.1. The highest BCUT2D eigenvalue weighted by Crippen LogP contribution is 2.13. The van der Waals surface area contributed by atoms with Gasteiger partial charge >= 0.3 is 5.97 Å². The third-order valence-electron chi connectivity index (χ3n) is 3.14. The van der Waals surface area contributed by atoms with E-state index in [0.717, 1.165) is 5.56 Å². The predicted octanol–water partition coefficient (Wildman–Crippen LogP) is 2.71. The van der Waals surface area contributed by atoms with Crippen LogP contribution in [-0.4, -0.2) is 29.9 Å². The van der Waals surface area contributed by atoms with E-state index in [0.29, 0.717) is 5.75 Å². The van der Waals surface area contributed by atoms with E-state index in [2.05, 4.69) is 0 Å². The summed E-state index contributed by atoms with van der Waals surface area (Å²) >= 11 is 0. The second kappa shape index (κ2) is 7.87. The van der Waals surface area contributed by atoms with Gasteiger partial charge in [0.25, 0.3) is 5.69 Å².